The minimum absolute atomic E-state index is 0.0544. The molecule has 1 unspecified atom stereocenters. The Balaban J connectivity index is 1.99. The summed E-state index contributed by atoms with van der Waals surface area (Å²) in [5, 5.41) is 0. The zero-order chi connectivity index (χ0) is 18.7. The quantitative estimate of drug-likeness (QED) is 0.476. The Morgan fingerprint density at radius 2 is 1.64 bits per heavy atom. The van der Waals surface area contributed by atoms with Gasteiger partial charge >= 0.3 is 13.8 Å². The zero-order valence-corrected chi connectivity index (χ0v) is 15.4. The lowest BCUT2D eigenvalue weighted by atomic mass is 9.87. The van der Waals surface area contributed by atoms with Gasteiger partial charge < -0.3 is 4.52 Å². The van der Waals surface area contributed by atoms with Crippen LogP contribution in [-0.2, 0) is 19.5 Å². The van der Waals surface area contributed by atoms with E-state index in [9.17, 15) is 14.3 Å². The van der Waals surface area contributed by atoms with Crippen LogP contribution in [0.4, 0.5) is 0 Å². The van der Waals surface area contributed by atoms with Crippen LogP contribution in [0.1, 0.15) is 42.3 Å². The van der Waals surface area contributed by atoms with Crippen LogP contribution in [0.5, 0.6) is 5.75 Å². The molecule has 0 heterocycles. The Morgan fingerprint density at radius 1 is 1.04 bits per heavy atom. The van der Waals surface area contributed by atoms with Gasteiger partial charge in [-0.2, -0.15) is 0 Å². The number of carbonyl (C=O) groups is 1. The van der Waals surface area contributed by atoms with Crippen molar-refractivity contribution < 1.29 is 28.3 Å². The van der Waals surface area contributed by atoms with Gasteiger partial charge in [0.2, 0.25) is 0 Å². The maximum Gasteiger partial charge on any atom is 0.564 e. The summed E-state index contributed by atoms with van der Waals surface area (Å²) in [7, 11) is -4.59. The van der Waals surface area contributed by atoms with E-state index < -0.39 is 13.8 Å². The van der Waals surface area contributed by atoms with Gasteiger partial charge in [-0.15, -0.1) is 0 Å². The molecule has 2 rings (SSSR count). The van der Waals surface area contributed by atoms with E-state index in [2.05, 4.69) is 9.56 Å². The fourth-order valence-electron chi connectivity index (χ4n) is 2.03. The number of carbonyl (C=O) groups excluding carboxylic acids is 1. The fourth-order valence-corrected chi connectivity index (χ4v) is 2.68. The summed E-state index contributed by atoms with van der Waals surface area (Å²) in [6.07, 6.45) is 0. The second-order valence-electron chi connectivity index (χ2n) is 6.60. The lowest BCUT2D eigenvalue weighted by Crippen LogP contribution is -2.12. The van der Waals surface area contributed by atoms with Gasteiger partial charge in [-0.25, -0.2) is 9.36 Å². The van der Waals surface area contributed by atoms with Gasteiger partial charge in [0.05, 0.1) is 5.56 Å². The van der Waals surface area contributed by atoms with Gasteiger partial charge in [0.15, 0.2) is 0 Å². The number of phosphoric ester groups is 1. The monoisotopic (exact) mass is 364 g/mol. The molecule has 0 aliphatic carbocycles. The van der Waals surface area contributed by atoms with Crippen molar-refractivity contribution in [1.82, 2.24) is 0 Å². The summed E-state index contributed by atoms with van der Waals surface area (Å²) in [5.74, 6) is -0.720. The molecule has 2 aromatic carbocycles. The van der Waals surface area contributed by atoms with E-state index in [0.29, 0.717) is 5.56 Å². The second-order valence-corrected chi connectivity index (χ2v) is 7.87. The molecule has 0 aliphatic rings. The average Bonchev–Trinajstić information content (AvgIpc) is 2.54. The lowest BCUT2D eigenvalue weighted by molar-refractivity contribution is -0.165. The van der Waals surface area contributed by atoms with Crippen LogP contribution in [0.2, 0.25) is 0 Å². The molecule has 2 aromatic rings. The highest BCUT2D eigenvalue weighted by Crippen LogP contribution is 2.45. The van der Waals surface area contributed by atoms with Crippen LogP contribution in [0.25, 0.3) is 0 Å². The van der Waals surface area contributed by atoms with Crippen LogP contribution >= 0.6 is 7.82 Å². The minimum Gasteiger partial charge on any atom is -0.402 e. The maximum absolute atomic E-state index is 11.9. The van der Waals surface area contributed by atoms with Gasteiger partial charge in [-0.3, -0.25) is 9.78 Å². The molecule has 25 heavy (non-hydrogen) atoms. The van der Waals surface area contributed by atoms with Gasteiger partial charge in [-0.1, -0.05) is 55.8 Å². The minimum atomic E-state index is -4.59. The largest absolute Gasteiger partial charge is 0.564 e. The molecule has 0 bridgehead atoms. The van der Waals surface area contributed by atoms with Crippen molar-refractivity contribution in [3.63, 3.8) is 0 Å². The predicted octanol–water partition coefficient (Wildman–Crippen LogP) is 4.56. The molecule has 6 nitrogen and oxygen atoms in total. The molecule has 7 heteroatoms. The molecule has 0 aromatic heterocycles. The van der Waals surface area contributed by atoms with Crippen molar-refractivity contribution in [2.45, 2.75) is 33.1 Å². The molecule has 0 amide bonds. The standard InChI is InChI=1S/C18H21O6P/c1-13-7-5-6-8-16(13)23-25(20,21)24-22-17(19)14-9-11-15(12-10-14)18(2,3)4/h5-12H,1-4H3,(H,20,21). The topological polar surface area (TPSA) is 82.1 Å². The smallest absolute Gasteiger partial charge is 0.402 e. The number of hydrogen-bond donors (Lipinski definition) is 1. The number of para-hydroxylation sites is 1. The molecule has 1 N–H and O–H groups in total. The Morgan fingerprint density at radius 3 is 2.20 bits per heavy atom. The first kappa shape index (κ1) is 19.2. The second kappa shape index (κ2) is 7.40. The normalized spacial score (nSPS) is 13.8. The van der Waals surface area contributed by atoms with E-state index in [-0.39, 0.29) is 16.7 Å². The van der Waals surface area contributed by atoms with Crippen molar-refractivity contribution in [1.29, 1.82) is 0 Å². The van der Waals surface area contributed by atoms with Gasteiger partial charge in [0.1, 0.15) is 5.75 Å². The first-order chi connectivity index (χ1) is 11.6. The highest BCUT2D eigenvalue weighted by molar-refractivity contribution is 7.47. The molecule has 0 saturated carbocycles. The summed E-state index contributed by atoms with van der Waals surface area (Å²) in [6, 6.07) is 13.3. The third-order valence-corrected chi connectivity index (χ3v) is 4.19. The Kier molecular flexibility index (Phi) is 5.68. The van der Waals surface area contributed by atoms with Gasteiger partial charge in [-0.05, 0) is 41.7 Å². The van der Waals surface area contributed by atoms with E-state index in [0.717, 1.165) is 5.56 Å². The predicted molar refractivity (Wildman–Crippen MR) is 93.3 cm³/mol. The number of phosphoric acid groups is 1. The maximum atomic E-state index is 11.9. The molecule has 0 spiro atoms. The van der Waals surface area contributed by atoms with Crippen LogP contribution in [-0.4, -0.2) is 10.9 Å². The Labute approximate surface area is 146 Å². The van der Waals surface area contributed by atoms with Crippen molar-refractivity contribution in [3.8, 4) is 5.75 Å². The SMILES string of the molecule is Cc1ccccc1OP(=O)(O)OOC(=O)c1ccc(C(C)(C)C)cc1. The van der Waals surface area contributed by atoms with E-state index >= 15 is 0 Å². The molecule has 134 valence electrons. The van der Waals surface area contributed by atoms with Crippen molar-refractivity contribution >= 4 is 13.8 Å². The summed E-state index contributed by atoms with van der Waals surface area (Å²) in [5.41, 5.74) is 1.83. The zero-order valence-electron chi connectivity index (χ0n) is 14.6. The lowest BCUT2D eigenvalue weighted by Gasteiger charge is -2.18. The first-order valence-electron chi connectivity index (χ1n) is 7.68. The highest BCUT2D eigenvalue weighted by atomic mass is 31.2. The Bertz CT molecular complexity index is 792. The summed E-state index contributed by atoms with van der Waals surface area (Å²) < 4.78 is 21.1. The van der Waals surface area contributed by atoms with E-state index in [1.54, 1.807) is 49.4 Å². The number of rotatable bonds is 5. The molecule has 0 aliphatic heterocycles. The highest BCUT2D eigenvalue weighted by Gasteiger charge is 2.28. The first-order valence-corrected chi connectivity index (χ1v) is 9.17. The van der Waals surface area contributed by atoms with E-state index in [4.69, 9.17) is 4.52 Å². The summed E-state index contributed by atoms with van der Waals surface area (Å²) >= 11 is 0. The molecule has 0 radical (unpaired) electrons. The molecule has 0 saturated heterocycles. The van der Waals surface area contributed by atoms with Crippen molar-refractivity contribution in [3.05, 3.63) is 65.2 Å². The van der Waals surface area contributed by atoms with Crippen molar-refractivity contribution in [2.75, 3.05) is 0 Å². The molecular weight excluding hydrogens is 343 g/mol. The molecular formula is C18H21O6P. The number of hydrogen-bond acceptors (Lipinski definition) is 5. The van der Waals surface area contributed by atoms with Crippen LogP contribution < -0.4 is 4.52 Å². The molecule has 0 fully saturated rings. The summed E-state index contributed by atoms with van der Waals surface area (Å²) in [4.78, 5) is 26.1. The van der Waals surface area contributed by atoms with Crippen LogP contribution in [0.3, 0.4) is 0 Å². The third kappa shape index (κ3) is 5.43. The average molecular weight is 364 g/mol. The third-order valence-electron chi connectivity index (χ3n) is 3.50. The van der Waals surface area contributed by atoms with Crippen LogP contribution in [0.15, 0.2) is 48.5 Å². The molecule has 1 atom stereocenters. The number of benzene rings is 2. The summed E-state index contributed by atoms with van der Waals surface area (Å²) in [6.45, 7) is 7.86. The van der Waals surface area contributed by atoms with E-state index in [1.807, 2.05) is 20.8 Å². The number of aryl methyl sites for hydroxylation is 1. The fraction of sp³-hybridized carbons (Fsp3) is 0.278. The van der Waals surface area contributed by atoms with Crippen LogP contribution in [0, 0.1) is 6.92 Å². The van der Waals surface area contributed by atoms with Crippen molar-refractivity contribution in [2.24, 2.45) is 0 Å². The Hall–Kier alpha value is -2.14. The van der Waals surface area contributed by atoms with Gasteiger partial charge in [0.25, 0.3) is 0 Å². The van der Waals surface area contributed by atoms with Gasteiger partial charge in [0, 0.05) is 0 Å². The van der Waals surface area contributed by atoms with E-state index in [1.165, 1.54) is 6.07 Å².